The molecule has 0 radical (unpaired) electrons. The second-order valence-corrected chi connectivity index (χ2v) is 10.0. The van der Waals surface area contributed by atoms with Crippen molar-refractivity contribution in [2.45, 2.75) is 53.8 Å². The average molecular weight is 477 g/mol. The number of nitrogens with zero attached hydrogens (tertiary/aromatic N) is 4. The van der Waals surface area contributed by atoms with Crippen molar-refractivity contribution in [1.82, 2.24) is 19.5 Å². The van der Waals surface area contributed by atoms with Crippen LogP contribution in [0.1, 0.15) is 47.1 Å². The highest BCUT2D eigenvalue weighted by atomic mass is 32.1. The highest BCUT2D eigenvalue weighted by Gasteiger charge is 2.21. The number of hydrogen-bond acceptors (Lipinski definition) is 7. The Hall–Kier alpha value is -3.36. The third kappa shape index (κ3) is 4.78. The van der Waals surface area contributed by atoms with Crippen LogP contribution in [0, 0.1) is 27.7 Å². The maximum atomic E-state index is 13.4. The molecule has 1 N–H and O–H groups in total. The number of thiophene rings is 1. The first-order chi connectivity index (χ1) is 16.0. The quantitative estimate of drug-likeness (QED) is 0.430. The van der Waals surface area contributed by atoms with E-state index in [0.29, 0.717) is 35.4 Å². The minimum absolute atomic E-state index is 0.177. The van der Waals surface area contributed by atoms with Gasteiger partial charge in [-0.15, -0.1) is 11.3 Å². The summed E-state index contributed by atoms with van der Waals surface area (Å²) in [6, 6.07) is 9.65. The van der Waals surface area contributed by atoms with Gasteiger partial charge in [-0.2, -0.15) is 4.98 Å². The Morgan fingerprint density at radius 2 is 1.85 bits per heavy atom. The van der Waals surface area contributed by atoms with Crippen molar-refractivity contribution in [3.8, 4) is 22.8 Å². The maximum Gasteiger partial charge on any atom is 0.264 e. The summed E-state index contributed by atoms with van der Waals surface area (Å²) in [7, 11) is 0. The number of aryl methyl sites for hydroxylation is 3. The summed E-state index contributed by atoms with van der Waals surface area (Å²) in [5.74, 6) is 1.22. The molecule has 0 saturated carbocycles. The molecule has 0 aliphatic carbocycles. The van der Waals surface area contributed by atoms with Crippen LogP contribution < -0.4 is 10.3 Å². The number of aliphatic hydroxyl groups is 1. The monoisotopic (exact) mass is 476 g/mol. The maximum absolute atomic E-state index is 13.4. The van der Waals surface area contributed by atoms with Gasteiger partial charge in [0.2, 0.25) is 5.88 Å². The van der Waals surface area contributed by atoms with Crippen LogP contribution in [0.3, 0.4) is 0 Å². The zero-order valence-corrected chi connectivity index (χ0v) is 21.0. The van der Waals surface area contributed by atoms with Crippen molar-refractivity contribution in [2.75, 3.05) is 0 Å². The van der Waals surface area contributed by atoms with E-state index in [9.17, 15) is 9.90 Å². The number of aromatic nitrogens is 4. The first-order valence-electron chi connectivity index (χ1n) is 11.0. The third-order valence-corrected chi connectivity index (χ3v) is 6.45. The molecule has 34 heavy (non-hydrogen) atoms. The number of ether oxygens (including phenoxy) is 1. The van der Waals surface area contributed by atoms with Gasteiger partial charge in [0, 0.05) is 22.2 Å². The molecule has 0 saturated heterocycles. The van der Waals surface area contributed by atoms with E-state index >= 15 is 0 Å². The molecule has 0 unspecified atom stereocenters. The fraction of sp³-hybridized carbons (Fsp3) is 0.308. The van der Waals surface area contributed by atoms with E-state index in [4.69, 9.17) is 4.74 Å². The Labute approximate surface area is 202 Å². The molecule has 3 aromatic heterocycles. The molecule has 8 heteroatoms. The predicted molar refractivity (Wildman–Crippen MR) is 134 cm³/mol. The van der Waals surface area contributed by atoms with Crippen molar-refractivity contribution in [1.29, 1.82) is 0 Å². The molecule has 0 amide bonds. The van der Waals surface area contributed by atoms with Crippen molar-refractivity contribution in [3.63, 3.8) is 0 Å². The van der Waals surface area contributed by atoms with Gasteiger partial charge in [-0.25, -0.2) is 9.97 Å². The molecule has 176 valence electrons. The predicted octanol–water partition coefficient (Wildman–Crippen LogP) is 4.79. The Kier molecular flexibility index (Phi) is 6.38. The van der Waals surface area contributed by atoms with E-state index in [1.807, 2.05) is 37.4 Å². The van der Waals surface area contributed by atoms with Gasteiger partial charge in [-0.05, 0) is 70.7 Å². The van der Waals surface area contributed by atoms with Gasteiger partial charge in [0.25, 0.3) is 5.56 Å². The van der Waals surface area contributed by atoms with Gasteiger partial charge in [0.1, 0.15) is 18.0 Å². The van der Waals surface area contributed by atoms with E-state index in [1.165, 1.54) is 4.88 Å². The molecule has 4 aromatic rings. The first-order valence-corrected chi connectivity index (χ1v) is 11.9. The van der Waals surface area contributed by atoms with Gasteiger partial charge in [-0.1, -0.05) is 12.1 Å². The summed E-state index contributed by atoms with van der Waals surface area (Å²) in [6.07, 6.45) is 1.62. The summed E-state index contributed by atoms with van der Waals surface area (Å²) in [5.41, 5.74) is 3.30. The van der Waals surface area contributed by atoms with Gasteiger partial charge >= 0.3 is 0 Å². The van der Waals surface area contributed by atoms with E-state index < -0.39 is 5.60 Å². The van der Waals surface area contributed by atoms with Crippen LogP contribution in [0.2, 0.25) is 0 Å². The fourth-order valence-corrected chi connectivity index (χ4v) is 4.35. The topological polar surface area (TPSA) is 90.1 Å². The van der Waals surface area contributed by atoms with Crippen molar-refractivity contribution in [2.24, 2.45) is 0 Å². The third-order valence-electron chi connectivity index (χ3n) is 5.54. The minimum atomic E-state index is -1.16. The van der Waals surface area contributed by atoms with Crippen LogP contribution in [-0.4, -0.2) is 24.6 Å². The van der Waals surface area contributed by atoms with Crippen LogP contribution >= 0.6 is 11.3 Å². The van der Waals surface area contributed by atoms with Gasteiger partial charge in [0.15, 0.2) is 5.82 Å². The molecule has 0 fully saturated rings. The van der Waals surface area contributed by atoms with Gasteiger partial charge in [-0.3, -0.25) is 9.36 Å². The second-order valence-electron chi connectivity index (χ2n) is 8.91. The molecule has 0 aliphatic rings. The van der Waals surface area contributed by atoms with Crippen LogP contribution in [-0.2, 0) is 12.2 Å². The van der Waals surface area contributed by atoms with Crippen LogP contribution in [0.25, 0.3) is 16.9 Å². The molecule has 3 heterocycles. The lowest BCUT2D eigenvalue weighted by molar-refractivity contribution is 0.0688. The van der Waals surface area contributed by atoms with Gasteiger partial charge in [0.05, 0.1) is 16.9 Å². The molecule has 0 spiro atoms. The number of benzene rings is 1. The molecule has 4 rings (SSSR count). The Morgan fingerprint density at radius 1 is 1.09 bits per heavy atom. The summed E-state index contributed by atoms with van der Waals surface area (Å²) in [5, 5.41) is 12.3. The van der Waals surface area contributed by atoms with E-state index in [2.05, 4.69) is 21.0 Å². The Bertz CT molecular complexity index is 1420. The zero-order chi connectivity index (χ0) is 24.6. The minimum Gasteiger partial charge on any atom is -0.472 e. The first kappa shape index (κ1) is 23.8. The standard InChI is InChI=1S/C26H28N4O3S/c1-15-7-8-20(21-9-10-27-25(29-21)26(5,6)32)12-22(15)30-18(4)28-23(17(3)24(30)31)33-13-19-11-16(2)34-14-19/h7-12,14,32H,13H2,1-6H3. The van der Waals surface area contributed by atoms with Crippen molar-refractivity contribution >= 4 is 11.3 Å². The Balaban J connectivity index is 1.73. The molecule has 0 bridgehead atoms. The highest BCUT2D eigenvalue weighted by Crippen LogP contribution is 2.26. The summed E-state index contributed by atoms with van der Waals surface area (Å²) in [6.45, 7) is 11.2. The zero-order valence-electron chi connectivity index (χ0n) is 20.2. The smallest absolute Gasteiger partial charge is 0.264 e. The summed E-state index contributed by atoms with van der Waals surface area (Å²) < 4.78 is 7.50. The highest BCUT2D eigenvalue weighted by molar-refractivity contribution is 7.10. The molecule has 0 aliphatic heterocycles. The largest absolute Gasteiger partial charge is 0.472 e. The summed E-state index contributed by atoms with van der Waals surface area (Å²) in [4.78, 5) is 27.9. The molecule has 1 aromatic carbocycles. The fourth-order valence-electron chi connectivity index (χ4n) is 3.66. The van der Waals surface area contributed by atoms with Crippen LogP contribution in [0.4, 0.5) is 0 Å². The normalized spacial score (nSPS) is 11.6. The molecular formula is C26H28N4O3S. The average Bonchev–Trinajstić information content (AvgIpc) is 3.21. The Morgan fingerprint density at radius 3 is 2.53 bits per heavy atom. The lowest BCUT2D eigenvalue weighted by atomic mass is 10.1. The van der Waals surface area contributed by atoms with E-state index in [-0.39, 0.29) is 5.56 Å². The molecular weight excluding hydrogens is 448 g/mol. The van der Waals surface area contributed by atoms with Crippen molar-refractivity contribution in [3.05, 3.63) is 85.5 Å². The summed E-state index contributed by atoms with van der Waals surface area (Å²) >= 11 is 1.66. The second kappa shape index (κ2) is 9.12. The number of hydrogen-bond donors (Lipinski definition) is 1. The van der Waals surface area contributed by atoms with Crippen LogP contribution in [0.5, 0.6) is 5.88 Å². The van der Waals surface area contributed by atoms with Crippen molar-refractivity contribution < 1.29 is 9.84 Å². The molecule has 0 atom stereocenters. The van der Waals surface area contributed by atoms with Gasteiger partial charge < -0.3 is 9.84 Å². The lowest BCUT2D eigenvalue weighted by Crippen LogP contribution is -2.26. The number of rotatable bonds is 6. The van der Waals surface area contributed by atoms with E-state index in [1.54, 1.807) is 55.9 Å². The van der Waals surface area contributed by atoms with Crippen LogP contribution in [0.15, 0.2) is 46.7 Å². The lowest BCUT2D eigenvalue weighted by Gasteiger charge is -2.18. The van der Waals surface area contributed by atoms with E-state index in [0.717, 1.165) is 22.4 Å². The molecule has 7 nitrogen and oxygen atoms in total. The SMILES string of the molecule is Cc1cc(COc2nc(C)n(-c3cc(-c4ccnc(C(C)(C)O)n4)ccc3C)c(=O)c2C)cs1.